The average Bonchev–Trinajstić information content (AvgIpc) is 2.69. The highest BCUT2D eigenvalue weighted by atomic mass is 16.6. The Hall–Kier alpha value is -2.61. The summed E-state index contributed by atoms with van der Waals surface area (Å²) < 4.78 is 10.3. The number of piperidine rings is 1. The second-order valence-electron chi connectivity index (χ2n) is 9.87. The maximum absolute atomic E-state index is 13.7. The summed E-state index contributed by atoms with van der Waals surface area (Å²) in [6.07, 6.45) is -0.245. The number of nitrogens with zero attached hydrogens (tertiary/aromatic N) is 1. The van der Waals surface area contributed by atoms with Gasteiger partial charge in [-0.15, -0.1) is 0 Å². The van der Waals surface area contributed by atoms with Crippen LogP contribution in [0.1, 0.15) is 59.9 Å². The van der Waals surface area contributed by atoms with Crippen LogP contribution in [-0.2, 0) is 24.5 Å². The monoisotopic (exact) mass is 433 g/mol. The van der Waals surface area contributed by atoms with Gasteiger partial charge in [-0.1, -0.05) is 32.9 Å². The number of hydrazine groups is 1. The molecule has 0 bridgehead atoms. The van der Waals surface area contributed by atoms with Crippen LogP contribution in [-0.4, -0.2) is 43.8 Å². The van der Waals surface area contributed by atoms with Crippen LogP contribution < -0.4 is 15.8 Å². The van der Waals surface area contributed by atoms with E-state index < -0.39 is 29.0 Å². The molecular formula is C23H35N3O5. The molecule has 0 aromatic heterocycles. The quantitative estimate of drug-likeness (QED) is 0.431. The molecule has 1 aliphatic rings. The molecule has 1 fully saturated rings. The topological polar surface area (TPSA) is 97.0 Å². The van der Waals surface area contributed by atoms with Gasteiger partial charge in [0.05, 0.1) is 12.8 Å². The molecule has 8 heteroatoms. The molecule has 0 atom stereocenters. The van der Waals surface area contributed by atoms with Gasteiger partial charge in [0.25, 0.3) is 5.91 Å². The van der Waals surface area contributed by atoms with Gasteiger partial charge in [-0.2, -0.15) is 0 Å². The van der Waals surface area contributed by atoms with E-state index in [4.69, 9.17) is 9.47 Å². The fourth-order valence-electron chi connectivity index (χ4n) is 3.50. The molecule has 0 spiro atoms. The van der Waals surface area contributed by atoms with Crippen LogP contribution in [0.5, 0.6) is 0 Å². The molecule has 0 saturated carbocycles. The maximum Gasteiger partial charge on any atom is 0.427 e. The Balaban J connectivity index is 2.46. The van der Waals surface area contributed by atoms with Crippen LogP contribution in [0.15, 0.2) is 24.3 Å². The molecule has 1 aromatic rings. The lowest BCUT2D eigenvalue weighted by Gasteiger charge is -2.37. The van der Waals surface area contributed by atoms with Gasteiger partial charge < -0.3 is 14.8 Å². The lowest BCUT2D eigenvalue weighted by atomic mass is 9.77. The molecule has 1 heterocycles. The average molecular weight is 434 g/mol. The first-order valence-corrected chi connectivity index (χ1v) is 10.5. The summed E-state index contributed by atoms with van der Waals surface area (Å²) in [7, 11) is 1.27. The number of hydrogen-bond donors (Lipinski definition) is 2. The van der Waals surface area contributed by atoms with Crippen molar-refractivity contribution >= 4 is 23.7 Å². The third-order valence-electron chi connectivity index (χ3n) is 5.24. The lowest BCUT2D eigenvalue weighted by Crippen LogP contribution is -2.59. The van der Waals surface area contributed by atoms with Crippen LogP contribution in [0.25, 0.3) is 0 Å². The Morgan fingerprint density at radius 2 is 1.55 bits per heavy atom. The van der Waals surface area contributed by atoms with E-state index in [1.807, 2.05) is 12.1 Å². The Bertz CT molecular complexity index is 800. The highest BCUT2D eigenvalue weighted by Crippen LogP contribution is 2.34. The number of carbonyl (C=O) groups is 3. The number of benzene rings is 1. The first-order valence-electron chi connectivity index (χ1n) is 10.5. The predicted octanol–water partition coefficient (Wildman–Crippen LogP) is 3.30. The van der Waals surface area contributed by atoms with Crippen molar-refractivity contribution < 1.29 is 23.9 Å². The van der Waals surface area contributed by atoms with Crippen LogP contribution in [0.2, 0.25) is 0 Å². The maximum atomic E-state index is 13.7. The zero-order valence-corrected chi connectivity index (χ0v) is 19.6. The molecule has 172 valence electrons. The molecule has 1 aliphatic heterocycles. The summed E-state index contributed by atoms with van der Waals surface area (Å²) in [5, 5.41) is 4.27. The zero-order valence-electron chi connectivity index (χ0n) is 19.6. The van der Waals surface area contributed by atoms with E-state index >= 15 is 0 Å². The Morgan fingerprint density at radius 3 is 2.00 bits per heavy atom. The van der Waals surface area contributed by atoms with Crippen molar-refractivity contribution in [2.45, 2.75) is 65.4 Å². The van der Waals surface area contributed by atoms with Crippen molar-refractivity contribution in [3.05, 3.63) is 29.8 Å². The van der Waals surface area contributed by atoms with Crippen LogP contribution in [0.3, 0.4) is 0 Å². The summed E-state index contributed by atoms with van der Waals surface area (Å²) in [6, 6.07) is 7.31. The largest absolute Gasteiger partial charge is 0.468 e. The standard InChI is InChI=1S/C23H35N3O5/c1-21(2,3)16-8-10-17(11-9-16)26(25-20(29)31-22(4,5)6)18(27)23(19(28)30-7)12-14-24-15-13-23/h8-11,24H,12-15H2,1-7H3,(H,25,29). The van der Waals surface area contributed by atoms with E-state index in [1.165, 1.54) is 7.11 Å². The predicted molar refractivity (Wildman–Crippen MR) is 119 cm³/mol. The minimum absolute atomic E-state index is 0.0752. The molecule has 8 nitrogen and oxygen atoms in total. The van der Waals surface area contributed by atoms with Gasteiger partial charge in [0.15, 0.2) is 5.41 Å². The molecular weight excluding hydrogens is 398 g/mol. The summed E-state index contributed by atoms with van der Waals surface area (Å²) in [5.41, 5.74) is 1.84. The third kappa shape index (κ3) is 5.97. The number of amides is 2. The number of rotatable bonds is 3. The van der Waals surface area contributed by atoms with Crippen molar-refractivity contribution in [1.29, 1.82) is 0 Å². The Labute approximate surface area is 184 Å². The highest BCUT2D eigenvalue weighted by molar-refractivity contribution is 6.10. The number of hydrogen-bond acceptors (Lipinski definition) is 6. The minimum atomic E-state index is -1.39. The van der Waals surface area contributed by atoms with Crippen LogP contribution >= 0.6 is 0 Å². The van der Waals surface area contributed by atoms with Crippen LogP contribution in [0.4, 0.5) is 10.5 Å². The molecule has 1 saturated heterocycles. The fraction of sp³-hybridized carbons (Fsp3) is 0.609. The minimum Gasteiger partial charge on any atom is -0.468 e. The van der Waals surface area contributed by atoms with Gasteiger partial charge in [0, 0.05) is 0 Å². The van der Waals surface area contributed by atoms with Gasteiger partial charge >= 0.3 is 12.1 Å². The molecule has 1 aromatic carbocycles. The van der Waals surface area contributed by atoms with Crippen molar-refractivity contribution in [2.24, 2.45) is 5.41 Å². The number of anilines is 1. The number of carbonyl (C=O) groups excluding carboxylic acids is 3. The zero-order chi connectivity index (χ0) is 23.4. The molecule has 2 amide bonds. The number of methoxy groups -OCH3 is 1. The van der Waals surface area contributed by atoms with Crippen LogP contribution in [0, 0.1) is 5.41 Å². The van der Waals surface area contributed by atoms with E-state index in [2.05, 4.69) is 31.5 Å². The Morgan fingerprint density at radius 1 is 1.00 bits per heavy atom. The fourth-order valence-corrected chi connectivity index (χ4v) is 3.50. The Kier molecular flexibility index (Phi) is 7.36. The lowest BCUT2D eigenvalue weighted by molar-refractivity contribution is -0.160. The summed E-state index contributed by atoms with van der Waals surface area (Å²) in [4.78, 5) is 39.0. The van der Waals surface area contributed by atoms with Gasteiger partial charge in [-0.05, 0) is 69.8 Å². The molecule has 31 heavy (non-hydrogen) atoms. The number of esters is 1. The molecule has 2 rings (SSSR count). The number of nitrogens with one attached hydrogen (secondary N) is 2. The van der Waals surface area contributed by atoms with Crippen molar-refractivity contribution in [3.63, 3.8) is 0 Å². The first-order chi connectivity index (χ1) is 14.3. The molecule has 2 N–H and O–H groups in total. The number of ether oxygens (including phenoxy) is 2. The summed E-state index contributed by atoms with van der Waals surface area (Å²) in [6.45, 7) is 12.5. The second kappa shape index (κ2) is 9.26. The normalized spacial score (nSPS) is 16.2. The summed E-state index contributed by atoms with van der Waals surface area (Å²) in [5.74, 6) is -1.16. The van der Waals surface area contributed by atoms with E-state index in [1.54, 1.807) is 32.9 Å². The van der Waals surface area contributed by atoms with E-state index in [0.717, 1.165) is 10.6 Å². The van der Waals surface area contributed by atoms with Gasteiger partial charge in [0.1, 0.15) is 5.60 Å². The molecule has 0 radical (unpaired) electrons. The first kappa shape index (κ1) is 24.7. The van der Waals surface area contributed by atoms with Gasteiger partial charge in [0.2, 0.25) is 0 Å². The smallest absolute Gasteiger partial charge is 0.427 e. The highest BCUT2D eigenvalue weighted by Gasteiger charge is 2.50. The van der Waals surface area contributed by atoms with Crippen molar-refractivity contribution in [2.75, 3.05) is 25.2 Å². The van der Waals surface area contributed by atoms with Crippen molar-refractivity contribution in [1.82, 2.24) is 10.7 Å². The molecule has 0 aliphatic carbocycles. The van der Waals surface area contributed by atoms with Gasteiger partial charge in [-0.3, -0.25) is 9.59 Å². The van der Waals surface area contributed by atoms with E-state index in [0.29, 0.717) is 18.8 Å². The third-order valence-corrected chi connectivity index (χ3v) is 5.24. The van der Waals surface area contributed by atoms with Gasteiger partial charge in [-0.25, -0.2) is 15.2 Å². The van der Waals surface area contributed by atoms with E-state index in [-0.39, 0.29) is 18.3 Å². The van der Waals surface area contributed by atoms with Crippen molar-refractivity contribution in [3.8, 4) is 0 Å². The van der Waals surface area contributed by atoms with E-state index in [9.17, 15) is 14.4 Å². The summed E-state index contributed by atoms with van der Waals surface area (Å²) >= 11 is 0. The SMILES string of the molecule is COC(=O)C1(C(=O)N(NC(=O)OC(C)(C)C)c2ccc(C(C)(C)C)cc2)CCNCC1. The second-order valence-corrected chi connectivity index (χ2v) is 9.87. The molecule has 0 unspecified atom stereocenters.